The third-order valence-corrected chi connectivity index (χ3v) is 7.50. The number of hydrogen-bond donors (Lipinski definition) is 1. The standard InChI is InChI=1S/C25H30BrClN2O2S/c1-18(25(31)28-23-8-3-2-4-9-23)29(15-20-6-5-7-21(26)14-20)24(30)17-32-16-19-10-12-22(27)13-11-19/h5-7,10-14,18,23H,2-4,8-9,15-17H2,1H3,(H,28,31)/t18-/m0/s1. The van der Waals surface area contributed by atoms with E-state index in [1.54, 1.807) is 16.7 Å². The fourth-order valence-electron chi connectivity index (χ4n) is 3.90. The van der Waals surface area contributed by atoms with Crippen LogP contribution in [0.4, 0.5) is 0 Å². The van der Waals surface area contributed by atoms with Gasteiger partial charge in [0.05, 0.1) is 5.75 Å². The maximum atomic E-state index is 13.2. The van der Waals surface area contributed by atoms with Gasteiger partial charge in [-0.1, -0.05) is 71.1 Å². The lowest BCUT2D eigenvalue weighted by Crippen LogP contribution is -2.50. The fourth-order valence-corrected chi connectivity index (χ4v) is 5.35. The molecular weight excluding hydrogens is 508 g/mol. The van der Waals surface area contributed by atoms with Gasteiger partial charge in [0.15, 0.2) is 0 Å². The van der Waals surface area contributed by atoms with Crippen molar-refractivity contribution in [2.45, 2.75) is 63.4 Å². The Labute approximate surface area is 208 Å². The summed E-state index contributed by atoms with van der Waals surface area (Å²) < 4.78 is 0.957. The number of rotatable bonds is 9. The van der Waals surface area contributed by atoms with E-state index in [-0.39, 0.29) is 17.9 Å². The van der Waals surface area contributed by atoms with E-state index in [9.17, 15) is 9.59 Å². The predicted octanol–water partition coefficient (Wildman–Crippen LogP) is 6.20. The van der Waals surface area contributed by atoms with Gasteiger partial charge >= 0.3 is 0 Å². The molecule has 0 saturated heterocycles. The first-order valence-corrected chi connectivity index (χ1v) is 13.4. The van der Waals surface area contributed by atoms with Crippen LogP contribution in [0.5, 0.6) is 0 Å². The van der Waals surface area contributed by atoms with Crippen LogP contribution in [0.1, 0.15) is 50.2 Å². The van der Waals surface area contributed by atoms with Gasteiger partial charge in [-0.3, -0.25) is 9.59 Å². The number of amides is 2. The summed E-state index contributed by atoms with van der Waals surface area (Å²) in [6.45, 7) is 2.23. The molecule has 1 saturated carbocycles. The van der Waals surface area contributed by atoms with Crippen molar-refractivity contribution >= 4 is 51.1 Å². The Morgan fingerprint density at radius 1 is 1.12 bits per heavy atom. The van der Waals surface area contributed by atoms with Crippen molar-refractivity contribution in [2.75, 3.05) is 5.75 Å². The molecular formula is C25H30BrClN2O2S. The van der Waals surface area contributed by atoms with Crippen molar-refractivity contribution < 1.29 is 9.59 Å². The Bertz CT molecular complexity index is 903. The van der Waals surface area contributed by atoms with E-state index >= 15 is 0 Å². The first kappa shape index (κ1) is 25.1. The number of benzene rings is 2. The number of hydrogen-bond acceptors (Lipinski definition) is 3. The van der Waals surface area contributed by atoms with E-state index in [1.165, 1.54) is 6.42 Å². The van der Waals surface area contributed by atoms with E-state index in [2.05, 4.69) is 21.2 Å². The number of carbonyl (C=O) groups excluding carboxylic acids is 2. The molecule has 0 unspecified atom stereocenters. The molecule has 1 aliphatic rings. The normalized spacial score (nSPS) is 15.2. The van der Waals surface area contributed by atoms with Crippen molar-refractivity contribution in [1.29, 1.82) is 0 Å². The molecule has 0 aliphatic heterocycles. The highest BCUT2D eigenvalue weighted by atomic mass is 79.9. The molecule has 2 amide bonds. The van der Waals surface area contributed by atoms with Gasteiger partial charge in [-0.15, -0.1) is 11.8 Å². The van der Waals surface area contributed by atoms with E-state index in [0.717, 1.165) is 47.0 Å². The molecule has 7 heteroatoms. The molecule has 0 bridgehead atoms. The van der Waals surface area contributed by atoms with Crippen molar-refractivity contribution in [1.82, 2.24) is 10.2 Å². The maximum Gasteiger partial charge on any atom is 0.242 e. The number of nitrogens with zero attached hydrogens (tertiary/aromatic N) is 1. The average molecular weight is 538 g/mol. The van der Waals surface area contributed by atoms with Gasteiger partial charge in [-0.25, -0.2) is 0 Å². The number of nitrogens with one attached hydrogen (secondary N) is 1. The second-order valence-electron chi connectivity index (χ2n) is 8.29. The van der Waals surface area contributed by atoms with Crippen LogP contribution in [0, 0.1) is 0 Å². The fraction of sp³-hybridized carbons (Fsp3) is 0.440. The molecule has 0 radical (unpaired) electrons. The van der Waals surface area contributed by atoms with Gasteiger partial charge in [-0.05, 0) is 55.2 Å². The van der Waals surface area contributed by atoms with Crippen LogP contribution < -0.4 is 5.32 Å². The highest BCUT2D eigenvalue weighted by molar-refractivity contribution is 9.10. The van der Waals surface area contributed by atoms with Crippen molar-refractivity contribution in [2.24, 2.45) is 0 Å². The molecule has 2 aromatic carbocycles. The van der Waals surface area contributed by atoms with Gasteiger partial charge in [0.25, 0.3) is 0 Å². The van der Waals surface area contributed by atoms with Crippen LogP contribution in [0.2, 0.25) is 5.02 Å². The van der Waals surface area contributed by atoms with E-state index in [4.69, 9.17) is 11.6 Å². The summed E-state index contributed by atoms with van der Waals surface area (Å²) in [6, 6.07) is 15.2. The second kappa shape index (κ2) is 12.7. The first-order chi connectivity index (χ1) is 15.4. The van der Waals surface area contributed by atoms with Gasteiger partial charge in [0.2, 0.25) is 11.8 Å². The molecule has 4 nitrogen and oxygen atoms in total. The van der Waals surface area contributed by atoms with E-state index < -0.39 is 6.04 Å². The molecule has 1 N–H and O–H groups in total. The van der Waals surface area contributed by atoms with Crippen molar-refractivity contribution in [3.05, 3.63) is 69.2 Å². The minimum absolute atomic E-state index is 0.0322. The summed E-state index contributed by atoms with van der Waals surface area (Å²) in [5.74, 6) is 0.937. The predicted molar refractivity (Wildman–Crippen MR) is 137 cm³/mol. The number of carbonyl (C=O) groups is 2. The lowest BCUT2D eigenvalue weighted by Gasteiger charge is -2.31. The van der Waals surface area contributed by atoms with Crippen LogP contribution in [0.3, 0.4) is 0 Å². The smallest absolute Gasteiger partial charge is 0.242 e. The molecule has 1 aliphatic carbocycles. The molecule has 1 atom stereocenters. The maximum absolute atomic E-state index is 13.2. The monoisotopic (exact) mass is 536 g/mol. The van der Waals surface area contributed by atoms with Crippen molar-refractivity contribution in [3.63, 3.8) is 0 Å². The van der Waals surface area contributed by atoms with Crippen LogP contribution in [-0.2, 0) is 21.9 Å². The van der Waals surface area contributed by atoms with Crippen LogP contribution in [0.15, 0.2) is 53.0 Å². The third-order valence-electron chi connectivity index (χ3n) is 5.77. The molecule has 0 aromatic heterocycles. The summed E-state index contributed by atoms with van der Waals surface area (Å²) in [4.78, 5) is 27.9. The zero-order valence-corrected chi connectivity index (χ0v) is 21.5. The SMILES string of the molecule is C[C@@H](C(=O)NC1CCCCC1)N(Cc1cccc(Br)c1)C(=O)CSCc1ccc(Cl)cc1. The molecule has 2 aromatic rings. The van der Waals surface area contributed by atoms with Gasteiger partial charge in [0, 0.05) is 27.8 Å². The van der Waals surface area contributed by atoms with Gasteiger partial charge in [-0.2, -0.15) is 0 Å². The summed E-state index contributed by atoms with van der Waals surface area (Å²) in [5, 5.41) is 3.88. The molecule has 0 heterocycles. The summed E-state index contributed by atoms with van der Waals surface area (Å²) in [6.07, 6.45) is 5.59. The highest BCUT2D eigenvalue weighted by Gasteiger charge is 2.28. The van der Waals surface area contributed by atoms with Crippen LogP contribution in [0.25, 0.3) is 0 Å². The lowest BCUT2D eigenvalue weighted by atomic mass is 9.95. The Balaban J connectivity index is 1.64. The van der Waals surface area contributed by atoms with Gasteiger partial charge < -0.3 is 10.2 Å². The summed E-state index contributed by atoms with van der Waals surface area (Å²) in [5.41, 5.74) is 2.11. The summed E-state index contributed by atoms with van der Waals surface area (Å²) in [7, 11) is 0. The first-order valence-electron chi connectivity index (χ1n) is 11.1. The van der Waals surface area contributed by atoms with E-state index in [1.807, 2.05) is 55.5 Å². The largest absolute Gasteiger partial charge is 0.352 e. The number of halogens is 2. The topological polar surface area (TPSA) is 49.4 Å². The van der Waals surface area contributed by atoms with E-state index in [0.29, 0.717) is 17.3 Å². The Morgan fingerprint density at radius 2 is 1.84 bits per heavy atom. The second-order valence-corrected chi connectivity index (χ2v) is 10.6. The van der Waals surface area contributed by atoms with Crippen LogP contribution in [-0.4, -0.2) is 34.6 Å². The summed E-state index contributed by atoms with van der Waals surface area (Å²) >= 11 is 11.0. The molecule has 172 valence electrons. The van der Waals surface area contributed by atoms with Crippen LogP contribution >= 0.6 is 39.3 Å². The minimum Gasteiger partial charge on any atom is -0.352 e. The zero-order chi connectivity index (χ0) is 22.9. The third kappa shape index (κ3) is 7.82. The molecule has 1 fully saturated rings. The lowest BCUT2D eigenvalue weighted by molar-refractivity contribution is -0.139. The zero-order valence-electron chi connectivity index (χ0n) is 18.4. The Kier molecular flexibility index (Phi) is 9.94. The Hall–Kier alpha value is -1.50. The van der Waals surface area contributed by atoms with Gasteiger partial charge in [0.1, 0.15) is 6.04 Å². The quantitative estimate of drug-likeness (QED) is 0.414. The number of thioether (sulfide) groups is 1. The Morgan fingerprint density at radius 3 is 2.53 bits per heavy atom. The molecule has 3 rings (SSSR count). The minimum atomic E-state index is -0.528. The average Bonchev–Trinajstić information content (AvgIpc) is 2.79. The highest BCUT2D eigenvalue weighted by Crippen LogP contribution is 2.21. The van der Waals surface area contributed by atoms with Crippen molar-refractivity contribution in [3.8, 4) is 0 Å². The molecule has 32 heavy (non-hydrogen) atoms. The molecule has 0 spiro atoms.